The van der Waals surface area contributed by atoms with E-state index in [0.717, 1.165) is 23.3 Å². The first-order chi connectivity index (χ1) is 9.46. The highest BCUT2D eigenvalue weighted by Crippen LogP contribution is 2.26. The number of thioether (sulfide) groups is 1. The van der Waals surface area contributed by atoms with E-state index >= 15 is 0 Å². The minimum absolute atomic E-state index is 0.242. The van der Waals surface area contributed by atoms with Gasteiger partial charge in [-0.25, -0.2) is 8.42 Å². The van der Waals surface area contributed by atoms with E-state index in [1.807, 2.05) is 36.9 Å². The Balaban J connectivity index is 2.74. The molecule has 0 aliphatic rings. The molecule has 2 N–H and O–H groups in total. The quantitative estimate of drug-likeness (QED) is 0.835. The molecule has 0 aliphatic carbocycles. The number of sulfonamides is 1. The van der Waals surface area contributed by atoms with Crippen LogP contribution in [0.2, 0.25) is 0 Å². The molecule has 0 heterocycles. The third-order valence-electron chi connectivity index (χ3n) is 2.71. The Labute approximate surface area is 133 Å². The van der Waals surface area contributed by atoms with Gasteiger partial charge in [0, 0.05) is 22.2 Å². The van der Waals surface area contributed by atoms with Gasteiger partial charge in [0.25, 0.3) is 0 Å². The van der Waals surface area contributed by atoms with Crippen LogP contribution in [-0.2, 0) is 10.0 Å². The van der Waals surface area contributed by atoms with Crippen molar-refractivity contribution in [2.75, 3.05) is 22.0 Å². The van der Waals surface area contributed by atoms with Crippen LogP contribution in [0.15, 0.2) is 18.2 Å². The van der Waals surface area contributed by atoms with Gasteiger partial charge in [-0.3, -0.25) is 4.72 Å². The van der Waals surface area contributed by atoms with E-state index in [1.165, 1.54) is 0 Å². The first-order valence-corrected chi connectivity index (χ1v) is 9.83. The predicted octanol–water partition coefficient (Wildman–Crippen LogP) is 3.70. The van der Waals surface area contributed by atoms with Crippen molar-refractivity contribution >= 4 is 33.2 Å². The summed E-state index contributed by atoms with van der Waals surface area (Å²) in [4.78, 5) is 0. The molecule has 1 rings (SSSR count). The molecule has 0 saturated heterocycles. The van der Waals surface area contributed by atoms with Gasteiger partial charge in [0.15, 0.2) is 0 Å². The van der Waals surface area contributed by atoms with Gasteiger partial charge >= 0.3 is 0 Å². The molecule has 0 saturated carbocycles. The summed E-state index contributed by atoms with van der Waals surface area (Å²) in [6.07, 6.45) is 1.16. The second kappa shape index (κ2) is 6.92. The van der Waals surface area contributed by atoms with Gasteiger partial charge in [-0.1, -0.05) is 26.8 Å². The van der Waals surface area contributed by atoms with Crippen LogP contribution in [0.5, 0.6) is 0 Å². The molecule has 0 fully saturated rings. The average molecular weight is 331 g/mol. The highest BCUT2D eigenvalue weighted by molar-refractivity contribution is 8.00. The van der Waals surface area contributed by atoms with Gasteiger partial charge in [0.1, 0.15) is 0 Å². The molecular weight excluding hydrogens is 304 g/mol. The zero-order chi connectivity index (χ0) is 16.3. The molecule has 0 aromatic heterocycles. The summed E-state index contributed by atoms with van der Waals surface area (Å²) >= 11 is 1.90. The molecule has 0 bridgehead atoms. The minimum Gasteiger partial charge on any atom is -0.382 e. The maximum atomic E-state index is 11.4. The maximum absolute atomic E-state index is 11.4. The highest BCUT2D eigenvalue weighted by atomic mass is 32.2. The van der Waals surface area contributed by atoms with E-state index in [-0.39, 0.29) is 4.75 Å². The van der Waals surface area contributed by atoms with Crippen molar-refractivity contribution < 1.29 is 8.42 Å². The fraction of sp³-hybridized carbons (Fsp3) is 0.600. The van der Waals surface area contributed by atoms with Crippen LogP contribution in [0.1, 0.15) is 33.3 Å². The molecule has 1 unspecified atom stereocenters. The summed E-state index contributed by atoms with van der Waals surface area (Å²) in [6.45, 7) is 10.6. The molecule has 0 spiro atoms. The van der Waals surface area contributed by atoms with E-state index in [9.17, 15) is 8.42 Å². The average Bonchev–Trinajstić information content (AvgIpc) is 2.28. The third kappa shape index (κ3) is 7.62. The monoisotopic (exact) mass is 330 g/mol. The Hall–Kier alpha value is -0.880. The Morgan fingerprint density at radius 3 is 2.43 bits per heavy atom. The van der Waals surface area contributed by atoms with Crippen molar-refractivity contribution in [3.8, 4) is 0 Å². The molecule has 0 radical (unpaired) electrons. The summed E-state index contributed by atoms with van der Waals surface area (Å²) in [7, 11) is -3.26. The highest BCUT2D eigenvalue weighted by Gasteiger charge is 2.13. The largest absolute Gasteiger partial charge is 0.382 e. The number of benzene rings is 1. The first kappa shape index (κ1) is 18.2. The van der Waals surface area contributed by atoms with Gasteiger partial charge in [-0.2, -0.15) is 11.8 Å². The van der Waals surface area contributed by atoms with Crippen LogP contribution in [0.3, 0.4) is 0 Å². The summed E-state index contributed by atoms with van der Waals surface area (Å²) in [5, 5.41) is 3.41. The van der Waals surface area contributed by atoms with E-state index in [2.05, 4.69) is 37.7 Å². The fourth-order valence-corrected chi connectivity index (χ4v) is 3.18. The van der Waals surface area contributed by atoms with Crippen LogP contribution < -0.4 is 10.0 Å². The van der Waals surface area contributed by atoms with Gasteiger partial charge < -0.3 is 5.32 Å². The molecular formula is C15H26N2O2S2. The van der Waals surface area contributed by atoms with E-state index < -0.39 is 10.0 Å². The summed E-state index contributed by atoms with van der Waals surface area (Å²) in [5.41, 5.74) is 2.45. The molecule has 0 amide bonds. The molecule has 6 heteroatoms. The van der Waals surface area contributed by atoms with Crippen LogP contribution in [0.4, 0.5) is 11.4 Å². The smallest absolute Gasteiger partial charge is 0.229 e. The molecule has 120 valence electrons. The SMILES string of the molecule is Cc1ccc(NC(C)CSC(C)(C)C)cc1NS(C)(=O)=O. The van der Waals surface area contributed by atoms with Crippen molar-refractivity contribution in [1.29, 1.82) is 0 Å². The fourth-order valence-electron chi connectivity index (χ4n) is 1.72. The zero-order valence-electron chi connectivity index (χ0n) is 13.6. The van der Waals surface area contributed by atoms with Crippen LogP contribution in [0, 0.1) is 6.92 Å². The second-order valence-corrected chi connectivity index (χ2v) is 9.97. The van der Waals surface area contributed by atoms with Crippen molar-refractivity contribution in [2.24, 2.45) is 0 Å². The lowest BCUT2D eigenvalue weighted by Gasteiger charge is -2.22. The van der Waals surface area contributed by atoms with E-state index in [1.54, 1.807) is 0 Å². The van der Waals surface area contributed by atoms with Crippen LogP contribution >= 0.6 is 11.8 Å². The number of aryl methyl sites for hydroxylation is 1. The first-order valence-electron chi connectivity index (χ1n) is 6.95. The van der Waals surface area contributed by atoms with Gasteiger partial charge in [-0.05, 0) is 31.5 Å². The standard InChI is InChI=1S/C15H26N2O2S2/c1-11-7-8-13(9-14(11)17-21(6,18)19)16-12(2)10-20-15(3,4)5/h7-9,12,16-17H,10H2,1-6H3. The molecule has 1 aromatic carbocycles. The van der Waals surface area contributed by atoms with Gasteiger partial charge in [0.05, 0.1) is 11.9 Å². The van der Waals surface area contributed by atoms with Crippen molar-refractivity contribution in [1.82, 2.24) is 0 Å². The molecule has 1 atom stereocenters. The molecule has 21 heavy (non-hydrogen) atoms. The summed E-state index contributed by atoms with van der Waals surface area (Å²) in [6, 6.07) is 6.04. The minimum atomic E-state index is -3.26. The summed E-state index contributed by atoms with van der Waals surface area (Å²) in [5.74, 6) is 0.992. The van der Waals surface area contributed by atoms with Crippen LogP contribution in [-0.4, -0.2) is 31.2 Å². The lowest BCUT2D eigenvalue weighted by Crippen LogP contribution is -2.22. The molecule has 1 aromatic rings. The Morgan fingerprint density at radius 2 is 1.90 bits per heavy atom. The third-order valence-corrected chi connectivity index (χ3v) is 4.84. The Kier molecular flexibility index (Phi) is 5.99. The normalized spacial score (nSPS) is 13.8. The number of hydrogen-bond donors (Lipinski definition) is 2. The molecule has 4 nitrogen and oxygen atoms in total. The second-order valence-electron chi connectivity index (χ2n) is 6.37. The molecule has 0 aliphatic heterocycles. The zero-order valence-corrected chi connectivity index (χ0v) is 15.3. The lowest BCUT2D eigenvalue weighted by molar-refractivity contribution is 0.607. The van der Waals surface area contributed by atoms with Gasteiger partial charge in [0.2, 0.25) is 10.0 Å². The number of anilines is 2. The van der Waals surface area contributed by atoms with E-state index in [4.69, 9.17) is 0 Å². The number of hydrogen-bond acceptors (Lipinski definition) is 4. The van der Waals surface area contributed by atoms with Crippen molar-refractivity contribution in [2.45, 2.75) is 45.4 Å². The van der Waals surface area contributed by atoms with Crippen molar-refractivity contribution in [3.63, 3.8) is 0 Å². The number of rotatable bonds is 6. The van der Waals surface area contributed by atoms with E-state index in [0.29, 0.717) is 11.7 Å². The van der Waals surface area contributed by atoms with Crippen LogP contribution in [0.25, 0.3) is 0 Å². The lowest BCUT2D eigenvalue weighted by atomic mass is 10.2. The Bertz CT molecular complexity index is 578. The topological polar surface area (TPSA) is 58.2 Å². The van der Waals surface area contributed by atoms with Crippen molar-refractivity contribution in [3.05, 3.63) is 23.8 Å². The Morgan fingerprint density at radius 1 is 1.29 bits per heavy atom. The number of nitrogens with one attached hydrogen (secondary N) is 2. The maximum Gasteiger partial charge on any atom is 0.229 e. The summed E-state index contributed by atoms with van der Waals surface area (Å²) < 4.78 is 25.5. The predicted molar refractivity (Wildman–Crippen MR) is 94.9 cm³/mol. The van der Waals surface area contributed by atoms with Gasteiger partial charge in [-0.15, -0.1) is 0 Å².